The van der Waals surface area contributed by atoms with Crippen LogP contribution in [0.4, 0.5) is 0 Å². The summed E-state index contributed by atoms with van der Waals surface area (Å²) >= 11 is 1.09. The van der Waals surface area contributed by atoms with Crippen LogP contribution in [0.15, 0.2) is 10.2 Å². The second-order valence-electron chi connectivity index (χ2n) is 5.16. The molecule has 0 aliphatic carbocycles. The van der Waals surface area contributed by atoms with Crippen LogP contribution in [0.1, 0.15) is 25.5 Å². The first kappa shape index (κ1) is 15.8. The van der Waals surface area contributed by atoms with E-state index in [2.05, 4.69) is 0 Å². The summed E-state index contributed by atoms with van der Waals surface area (Å²) in [6.45, 7) is 5.00. The van der Waals surface area contributed by atoms with Crippen molar-refractivity contribution in [3.8, 4) is 0 Å². The molecule has 1 fully saturated rings. The molecule has 0 radical (unpaired) electrons. The van der Waals surface area contributed by atoms with Crippen LogP contribution in [-0.2, 0) is 20.9 Å². The highest BCUT2D eigenvalue weighted by atomic mass is 32.1. The molecule has 0 N–H and O–H groups in total. The molecule has 1 saturated heterocycles. The number of carbonyl (C=O) groups is 2. The van der Waals surface area contributed by atoms with Crippen LogP contribution < -0.4 is 4.87 Å². The lowest BCUT2D eigenvalue weighted by molar-refractivity contribution is -0.151. The number of piperidine rings is 1. The first-order valence-electron chi connectivity index (χ1n) is 7.12. The van der Waals surface area contributed by atoms with Gasteiger partial charge in [0.1, 0.15) is 6.54 Å². The van der Waals surface area contributed by atoms with Gasteiger partial charge in [-0.25, -0.2) is 0 Å². The summed E-state index contributed by atoms with van der Waals surface area (Å²) in [6, 6.07) is 0. The lowest BCUT2D eigenvalue weighted by atomic mass is 9.98. The second kappa shape index (κ2) is 6.89. The molecule has 0 aromatic carbocycles. The molecule has 1 aliphatic rings. The molecule has 1 aromatic rings. The van der Waals surface area contributed by atoms with E-state index in [1.165, 1.54) is 4.57 Å². The fourth-order valence-electron chi connectivity index (χ4n) is 2.49. The molecule has 0 bridgehead atoms. The van der Waals surface area contributed by atoms with Crippen molar-refractivity contribution >= 4 is 23.2 Å². The minimum absolute atomic E-state index is 0.0453. The molecule has 1 amide bonds. The van der Waals surface area contributed by atoms with Crippen molar-refractivity contribution in [2.45, 2.75) is 33.2 Å². The van der Waals surface area contributed by atoms with Gasteiger partial charge in [0.25, 0.3) is 0 Å². The lowest BCUT2D eigenvalue weighted by Gasteiger charge is -2.31. The SMILES string of the molecule is CCOC(=O)C1CCCN(C(=O)Cn2c(C)csc2=O)C1. The Hall–Kier alpha value is -1.63. The number of hydrogen-bond donors (Lipinski definition) is 0. The third-order valence-electron chi connectivity index (χ3n) is 3.66. The van der Waals surface area contributed by atoms with E-state index in [4.69, 9.17) is 4.74 Å². The van der Waals surface area contributed by atoms with E-state index in [-0.39, 0.29) is 29.2 Å². The highest BCUT2D eigenvalue weighted by Crippen LogP contribution is 2.18. The van der Waals surface area contributed by atoms with Crippen molar-refractivity contribution in [3.63, 3.8) is 0 Å². The molecular formula is C14H20N2O4S. The Labute approximate surface area is 127 Å². The first-order valence-corrected chi connectivity index (χ1v) is 8.00. The van der Waals surface area contributed by atoms with Gasteiger partial charge < -0.3 is 9.64 Å². The van der Waals surface area contributed by atoms with Crippen molar-refractivity contribution in [1.82, 2.24) is 9.47 Å². The summed E-state index contributed by atoms with van der Waals surface area (Å²) in [5.41, 5.74) is 0.789. The maximum atomic E-state index is 12.3. The number of hydrogen-bond acceptors (Lipinski definition) is 5. The van der Waals surface area contributed by atoms with E-state index in [0.29, 0.717) is 19.7 Å². The fourth-order valence-corrected chi connectivity index (χ4v) is 3.22. The average molecular weight is 312 g/mol. The van der Waals surface area contributed by atoms with Crippen LogP contribution in [0.2, 0.25) is 0 Å². The van der Waals surface area contributed by atoms with E-state index in [1.54, 1.807) is 17.2 Å². The number of aromatic nitrogens is 1. The maximum absolute atomic E-state index is 12.3. The summed E-state index contributed by atoms with van der Waals surface area (Å²) in [5, 5.41) is 1.74. The maximum Gasteiger partial charge on any atom is 0.310 e. The van der Waals surface area contributed by atoms with E-state index in [9.17, 15) is 14.4 Å². The Bertz CT molecular complexity index is 578. The average Bonchev–Trinajstić information content (AvgIpc) is 2.79. The van der Waals surface area contributed by atoms with E-state index in [0.717, 1.165) is 29.9 Å². The van der Waals surface area contributed by atoms with Crippen LogP contribution in [0, 0.1) is 12.8 Å². The molecular weight excluding hydrogens is 292 g/mol. The Morgan fingerprint density at radius 1 is 1.48 bits per heavy atom. The molecule has 1 atom stereocenters. The molecule has 6 nitrogen and oxygen atoms in total. The van der Waals surface area contributed by atoms with Gasteiger partial charge in [0.05, 0.1) is 12.5 Å². The number of rotatable bonds is 4. The van der Waals surface area contributed by atoms with E-state index in [1.807, 2.05) is 6.92 Å². The van der Waals surface area contributed by atoms with Crippen molar-refractivity contribution in [3.05, 3.63) is 20.7 Å². The summed E-state index contributed by atoms with van der Waals surface area (Å²) in [6.07, 6.45) is 1.53. The van der Waals surface area contributed by atoms with Gasteiger partial charge in [-0.1, -0.05) is 11.3 Å². The van der Waals surface area contributed by atoms with Crippen LogP contribution >= 0.6 is 11.3 Å². The molecule has 0 spiro atoms. The standard InChI is InChI=1S/C14H20N2O4S/c1-3-20-13(18)11-5-4-6-15(7-11)12(17)8-16-10(2)9-21-14(16)19/h9,11H,3-8H2,1-2H3. The predicted octanol–water partition coefficient (Wildman–Crippen LogP) is 1.02. The molecule has 1 aromatic heterocycles. The zero-order valence-corrected chi connectivity index (χ0v) is 13.1. The smallest absolute Gasteiger partial charge is 0.310 e. The number of esters is 1. The Balaban J connectivity index is 1.99. The third-order valence-corrected chi connectivity index (χ3v) is 4.54. The summed E-state index contributed by atoms with van der Waals surface area (Å²) < 4.78 is 6.50. The van der Waals surface area contributed by atoms with Crippen LogP contribution in [-0.4, -0.2) is 41.0 Å². The van der Waals surface area contributed by atoms with Gasteiger partial charge in [-0.05, 0) is 26.7 Å². The Morgan fingerprint density at radius 3 is 2.86 bits per heavy atom. The third kappa shape index (κ3) is 3.72. The minimum atomic E-state index is -0.247. The van der Waals surface area contributed by atoms with Gasteiger partial charge in [-0.2, -0.15) is 0 Å². The number of nitrogens with zero attached hydrogens (tertiary/aromatic N) is 2. The molecule has 21 heavy (non-hydrogen) atoms. The van der Waals surface area contributed by atoms with Gasteiger partial charge >= 0.3 is 10.8 Å². The minimum Gasteiger partial charge on any atom is -0.466 e. The molecule has 1 unspecified atom stereocenters. The highest BCUT2D eigenvalue weighted by Gasteiger charge is 2.29. The van der Waals surface area contributed by atoms with Gasteiger partial charge in [0.15, 0.2) is 0 Å². The Kier molecular flexibility index (Phi) is 5.17. The number of aryl methyl sites for hydroxylation is 1. The number of thiazole rings is 1. The first-order chi connectivity index (χ1) is 10.0. The number of amides is 1. The number of ether oxygens (including phenoxy) is 1. The van der Waals surface area contributed by atoms with Gasteiger partial charge in [0, 0.05) is 24.2 Å². The summed E-state index contributed by atoms with van der Waals surface area (Å²) in [4.78, 5) is 37.3. The van der Waals surface area contributed by atoms with E-state index < -0.39 is 0 Å². The van der Waals surface area contributed by atoms with Gasteiger partial charge in [0.2, 0.25) is 5.91 Å². The van der Waals surface area contributed by atoms with Crippen molar-refractivity contribution < 1.29 is 14.3 Å². The highest BCUT2D eigenvalue weighted by molar-refractivity contribution is 7.07. The predicted molar refractivity (Wildman–Crippen MR) is 79.3 cm³/mol. The molecule has 0 saturated carbocycles. The molecule has 116 valence electrons. The normalized spacial score (nSPS) is 18.6. The lowest BCUT2D eigenvalue weighted by Crippen LogP contribution is -2.44. The van der Waals surface area contributed by atoms with E-state index >= 15 is 0 Å². The molecule has 2 rings (SSSR count). The van der Waals surface area contributed by atoms with Crippen LogP contribution in [0.25, 0.3) is 0 Å². The Morgan fingerprint density at radius 2 is 2.24 bits per heavy atom. The largest absolute Gasteiger partial charge is 0.466 e. The topological polar surface area (TPSA) is 68.6 Å². The van der Waals surface area contributed by atoms with Gasteiger partial charge in [-0.15, -0.1) is 0 Å². The van der Waals surface area contributed by atoms with Gasteiger partial charge in [-0.3, -0.25) is 19.0 Å². The van der Waals surface area contributed by atoms with Crippen LogP contribution in [0.3, 0.4) is 0 Å². The zero-order valence-electron chi connectivity index (χ0n) is 12.3. The van der Waals surface area contributed by atoms with Crippen LogP contribution in [0.5, 0.6) is 0 Å². The van der Waals surface area contributed by atoms with Crippen molar-refractivity contribution in [1.29, 1.82) is 0 Å². The summed E-state index contributed by atoms with van der Waals surface area (Å²) in [5.74, 6) is -0.602. The van der Waals surface area contributed by atoms with Crippen molar-refractivity contribution in [2.75, 3.05) is 19.7 Å². The number of likely N-dealkylation sites (tertiary alicyclic amines) is 1. The molecule has 2 heterocycles. The second-order valence-corrected chi connectivity index (χ2v) is 5.98. The summed E-state index contributed by atoms with van der Waals surface area (Å²) in [7, 11) is 0. The molecule has 1 aliphatic heterocycles. The molecule has 7 heteroatoms. The zero-order chi connectivity index (χ0) is 15.4. The quantitative estimate of drug-likeness (QED) is 0.779. The number of carbonyl (C=O) groups excluding carboxylic acids is 2. The van der Waals surface area contributed by atoms with Crippen molar-refractivity contribution in [2.24, 2.45) is 5.92 Å². The monoisotopic (exact) mass is 312 g/mol. The fraction of sp³-hybridized carbons (Fsp3) is 0.643.